The molecule has 17 heavy (non-hydrogen) atoms. The summed E-state index contributed by atoms with van der Waals surface area (Å²) < 4.78 is 0. The number of carbonyl (C=O) groups excluding carboxylic acids is 2. The van der Waals surface area contributed by atoms with Gasteiger partial charge in [-0.15, -0.1) is 0 Å². The molecule has 0 bridgehead atoms. The zero-order valence-corrected chi connectivity index (χ0v) is 10.5. The second-order valence-electron chi connectivity index (χ2n) is 3.74. The molecule has 0 aromatic heterocycles. The van der Waals surface area contributed by atoms with Crippen LogP contribution >= 0.6 is 0 Å². The van der Waals surface area contributed by atoms with Crippen molar-refractivity contribution in [2.45, 2.75) is 20.8 Å². The van der Waals surface area contributed by atoms with Gasteiger partial charge in [0.1, 0.15) is 0 Å². The summed E-state index contributed by atoms with van der Waals surface area (Å²) in [5.74, 6) is -0.176. The Kier molecular flexibility index (Phi) is 4.69. The highest BCUT2D eigenvalue weighted by atomic mass is 16.1. The van der Waals surface area contributed by atoms with Crippen molar-refractivity contribution in [3.05, 3.63) is 23.8 Å². The summed E-state index contributed by atoms with van der Waals surface area (Å²) in [5, 5.41) is 2.67. The van der Waals surface area contributed by atoms with E-state index in [-0.39, 0.29) is 5.91 Å². The number of anilines is 2. The monoisotopic (exact) mass is 234 g/mol. The van der Waals surface area contributed by atoms with E-state index >= 15 is 0 Å². The third kappa shape index (κ3) is 3.31. The van der Waals surface area contributed by atoms with Gasteiger partial charge in [-0.1, -0.05) is 0 Å². The minimum Gasteiger partial charge on any atom is -0.372 e. The largest absolute Gasteiger partial charge is 0.372 e. The molecule has 4 heteroatoms. The number of amides is 1. The average Bonchev–Trinajstić information content (AvgIpc) is 2.30. The molecule has 0 atom stereocenters. The summed E-state index contributed by atoms with van der Waals surface area (Å²) in [6.45, 7) is 7.33. The quantitative estimate of drug-likeness (QED) is 0.795. The van der Waals surface area contributed by atoms with Crippen LogP contribution in [0.15, 0.2) is 18.2 Å². The number of aldehydes is 1. The maximum absolute atomic E-state index is 11.1. The van der Waals surface area contributed by atoms with Crippen LogP contribution in [0.2, 0.25) is 0 Å². The first-order valence-electron chi connectivity index (χ1n) is 5.74. The van der Waals surface area contributed by atoms with Gasteiger partial charge < -0.3 is 10.2 Å². The van der Waals surface area contributed by atoms with E-state index in [2.05, 4.69) is 24.1 Å². The van der Waals surface area contributed by atoms with E-state index in [1.165, 1.54) is 6.92 Å². The van der Waals surface area contributed by atoms with Crippen molar-refractivity contribution < 1.29 is 9.59 Å². The Morgan fingerprint density at radius 2 is 2.00 bits per heavy atom. The van der Waals surface area contributed by atoms with Crippen LogP contribution in [0.25, 0.3) is 0 Å². The highest BCUT2D eigenvalue weighted by Crippen LogP contribution is 2.22. The molecule has 1 amide bonds. The van der Waals surface area contributed by atoms with E-state index in [0.717, 1.165) is 25.1 Å². The van der Waals surface area contributed by atoms with E-state index in [4.69, 9.17) is 0 Å². The molecule has 0 heterocycles. The first-order valence-corrected chi connectivity index (χ1v) is 5.74. The molecule has 0 fully saturated rings. The third-order valence-corrected chi connectivity index (χ3v) is 2.60. The van der Waals surface area contributed by atoms with E-state index in [1.54, 1.807) is 6.07 Å². The number of nitrogens with zero attached hydrogens (tertiary/aromatic N) is 1. The molecule has 1 aromatic carbocycles. The topological polar surface area (TPSA) is 49.4 Å². The summed E-state index contributed by atoms with van der Waals surface area (Å²) in [5.41, 5.74) is 2.07. The van der Waals surface area contributed by atoms with Gasteiger partial charge in [0.25, 0.3) is 0 Å². The molecular weight excluding hydrogens is 216 g/mol. The van der Waals surface area contributed by atoms with E-state index in [9.17, 15) is 9.59 Å². The van der Waals surface area contributed by atoms with E-state index < -0.39 is 0 Å². The van der Waals surface area contributed by atoms with E-state index in [1.807, 2.05) is 12.1 Å². The Bertz CT molecular complexity index is 412. The van der Waals surface area contributed by atoms with Gasteiger partial charge in [-0.3, -0.25) is 9.59 Å². The molecule has 92 valence electrons. The zero-order valence-electron chi connectivity index (χ0n) is 10.5. The Morgan fingerprint density at radius 1 is 1.35 bits per heavy atom. The Balaban J connectivity index is 3.11. The average molecular weight is 234 g/mol. The normalized spacial score (nSPS) is 9.82. The van der Waals surface area contributed by atoms with Crippen LogP contribution in [-0.4, -0.2) is 25.3 Å². The molecule has 0 saturated heterocycles. The van der Waals surface area contributed by atoms with Crippen LogP contribution in [0.1, 0.15) is 31.1 Å². The maximum Gasteiger partial charge on any atom is 0.221 e. The van der Waals surface area contributed by atoms with Gasteiger partial charge in [-0.25, -0.2) is 0 Å². The van der Waals surface area contributed by atoms with Crippen LogP contribution in [0.4, 0.5) is 11.4 Å². The lowest BCUT2D eigenvalue weighted by atomic mass is 10.1. The number of rotatable bonds is 5. The molecule has 0 radical (unpaired) electrons. The van der Waals surface area contributed by atoms with Gasteiger partial charge in [0.15, 0.2) is 6.29 Å². The lowest BCUT2D eigenvalue weighted by Crippen LogP contribution is -2.22. The molecule has 0 aliphatic heterocycles. The lowest BCUT2D eigenvalue weighted by Gasteiger charge is -2.22. The van der Waals surface area contributed by atoms with Gasteiger partial charge >= 0.3 is 0 Å². The first-order chi connectivity index (χ1) is 8.12. The second-order valence-corrected chi connectivity index (χ2v) is 3.74. The van der Waals surface area contributed by atoms with Gasteiger partial charge in [-0.2, -0.15) is 0 Å². The first kappa shape index (κ1) is 13.2. The summed E-state index contributed by atoms with van der Waals surface area (Å²) in [4.78, 5) is 24.1. The molecule has 0 aliphatic carbocycles. The van der Waals surface area contributed by atoms with Crippen LogP contribution in [-0.2, 0) is 4.79 Å². The minimum absolute atomic E-state index is 0.176. The summed E-state index contributed by atoms with van der Waals surface area (Å²) in [6, 6.07) is 5.45. The molecule has 0 spiro atoms. The highest BCUT2D eigenvalue weighted by molar-refractivity contribution is 5.96. The van der Waals surface area contributed by atoms with Crippen molar-refractivity contribution in [1.29, 1.82) is 0 Å². The number of nitrogens with one attached hydrogen (secondary N) is 1. The van der Waals surface area contributed by atoms with Gasteiger partial charge in [0.05, 0.1) is 5.69 Å². The summed E-state index contributed by atoms with van der Waals surface area (Å²) in [6.07, 6.45) is 0.747. The zero-order chi connectivity index (χ0) is 12.8. The number of carbonyl (C=O) groups is 2. The van der Waals surface area contributed by atoms with Gasteiger partial charge in [-0.05, 0) is 32.0 Å². The fraction of sp³-hybridized carbons (Fsp3) is 0.385. The Hall–Kier alpha value is -1.84. The Morgan fingerprint density at radius 3 is 2.47 bits per heavy atom. The SMILES string of the molecule is CCN(CC)c1ccc(C=O)c(NC(C)=O)c1. The standard InChI is InChI=1S/C13H18N2O2/c1-4-15(5-2)12-7-6-11(9-16)13(8-12)14-10(3)17/h6-9H,4-5H2,1-3H3,(H,14,17). The number of benzene rings is 1. The highest BCUT2D eigenvalue weighted by Gasteiger charge is 2.08. The van der Waals surface area contributed by atoms with Crippen LogP contribution < -0.4 is 10.2 Å². The van der Waals surface area contributed by atoms with Crippen molar-refractivity contribution in [2.24, 2.45) is 0 Å². The van der Waals surface area contributed by atoms with Gasteiger partial charge in [0.2, 0.25) is 5.91 Å². The smallest absolute Gasteiger partial charge is 0.221 e. The molecule has 1 N–H and O–H groups in total. The lowest BCUT2D eigenvalue weighted by molar-refractivity contribution is -0.114. The summed E-state index contributed by atoms with van der Waals surface area (Å²) in [7, 11) is 0. The van der Waals surface area contributed by atoms with Crippen molar-refractivity contribution in [2.75, 3.05) is 23.3 Å². The van der Waals surface area contributed by atoms with Crippen molar-refractivity contribution in [1.82, 2.24) is 0 Å². The number of hydrogen-bond acceptors (Lipinski definition) is 3. The molecule has 0 aliphatic rings. The molecule has 1 aromatic rings. The fourth-order valence-electron chi connectivity index (χ4n) is 1.73. The summed E-state index contributed by atoms with van der Waals surface area (Å²) >= 11 is 0. The molecule has 1 rings (SSSR count). The molecule has 0 unspecified atom stereocenters. The second kappa shape index (κ2) is 6.03. The minimum atomic E-state index is -0.176. The van der Waals surface area contributed by atoms with E-state index in [0.29, 0.717) is 11.3 Å². The predicted molar refractivity (Wildman–Crippen MR) is 69.7 cm³/mol. The van der Waals surface area contributed by atoms with Crippen LogP contribution in [0, 0.1) is 0 Å². The van der Waals surface area contributed by atoms with Crippen LogP contribution in [0.3, 0.4) is 0 Å². The molecular formula is C13H18N2O2. The van der Waals surface area contributed by atoms with Gasteiger partial charge in [0, 0.05) is 31.3 Å². The van der Waals surface area contributed by atoms with Crippen molar-refractivity contribution in [3.63, 3.8) is 0 Å². The maximum atomic E-state index is 11.1. The third-order valence-electron chi connectivity index (χ3n) is 2.60. The van der Waals surface area contributed by atoms with Crippen LogP contribution in [0.5, 0.6) is 0 Å². The predicted octanol–water partition coefficient (Wildman–Crippen LogP) is 2.30. The Labute approximate surface area is 102 Å². The molecule has 4 nitrogen and oxygen atoms in total. The fourth-order valence-corrected chi connectivity index (χ4v) is 1.73. The molecule has 0 saturated carbocycles. The van der Waals surface area contributed by atoms with Crippen molar-refractivity contribution >= 4 is 23.6 Å². The number of hydrogen-bond donors (Lipinski definition) is 1. The van der Waals surface area contributed by atoms with Crippen molar-refractivity contribution in [3.8, 4) is 0 Å².